The van der Waals surface area contributed by atoms with Crippen molar-refractivity contribution in [3.8, 4) is 0 Å². The van der Waals surface area contributed by atoms with Gasteiger partial charge in [-0.2, -0.15) is 0 Å². The van der Waals surface area contributed by atoms with E-state index in [1.54, 1.807) is 6.20 Å². The highest BCUT2D eigenvalue weighted by Gasteiger charge is 2.21. The second kappa shape index (κ2) is 9.88. The number of carbonyl (C=O) groups excluding carboxylic acids is 1. The number of hydrogen-bond acceptors (Lipinski definition) is 4. The minimum Gasteiger partial charge on any atom is -0.370 e. The number of nitrogens with zero attached hydrogens (tertiary/aromatic N) is 3. The van der Waals surface area contributed by atoms with Crippen molar-refractivity contribution in [1.29, 1.82) is 0 Å². The number of rotatable bonds is 7. The van der Waals surface area contributed by atoms with Crippen LogP contribution in [-0.2, 0) is 0 Å². The van der Waals surface area contributed by atoms with Crippen LogP contribution >= 0.6 is 0 Å². The molecule has 0 radical (unpaired) electrons. The van der Waals surface area contributed by atoms with Crippen molar-refractivity contribution in [2.45, 2.75) is 13.3 Å². The highest BCUT2D eigenvalue weighted by atomic mass is 16.2. The Morgan fingerprint density at radius 2 is 1.89 bits per heavy atom. The summed E-state index contributed by atoms with van der Waals surface area (Å²) in [6.07, 6.45) is 7.07. The highest BCUT2D eigenvalue weighted by molar-refractivity contribution is 5.94. The van der Waals surface area contributed by atoms with Gasteiger partial charge < -0.3 is 10.2 Å². The third-order valence-corrected chi connectivity index (χ3v) is 4.70. The molecular formula is C22H28N4O. The zero-order valence-electron chi connectivity index (χ0n) is 16.0. The number of benzene rings is 1. The van der Waals surface area contributed by atoms with Crippen LogP contribution in [0.25, 0.3) is 6.08 Å². The largest absolute Gasteiger partial charge is 0.370 e. The fourth-order valence-electron chi connectivity index (χ4n) is 3.10. The first kappa shape index (κ1) is 19.1. The monoisotopic (exact) mass is 364 g/mol. The first-order valence-electron chi connectivity index (χ1n) is 9.69. The fourth-order valence-corrected chi connectivity index (χ4v) is 3.10. The molecule has 5 nitrogen and oxygen atoms in total. The molecule has 3 rings (SSSR count). The van der Waals surface area contributed by atoms with Crippen molar-refractivity contribution in [1.82, 2.24) is 14.8 Å². The molecule has 0 aliphatic carbocycles. The Labute approximate surface area is 161 Å². The van der Waals surface area contributed by atoms with Crippen LogP contribution in [0.1, 0.15) is 29.3 Å². The van der Waals surface area contributed by atoms with Crippen LogP contribution in [0, 0.1) is 0 Å². The molecule has 2 aromatic rings. The third-order valence-electron chi connectivity index (χ3n) is 4.70. The van der Waals surface area contributed by atoms with Crippen molar-refractivity contribution < 1.29 is 4.79 Å². The number of anilines is 1. The summed E-state index contributed by atoms with van der Waals surface area (Å²) in [7, 11) is 0. The normalized spacial score (nSPS) is 15.2. The van der Waals surface area contributed by atoms with Gasteiger partial charge in [0.1, 0.15) is 5.82 Å². The molecule has 1 saturated heterocycles. The van der Waals surface area contributed by atoms with Gasteiger partial charge >= 0.3 is 0 Å². The molecule has 1 aliphatic rings. The van der Waals surface area contributed by atoms with Crippen LogP contribution in [0.4, 0.5) is 5.82 Å². The summed E-state index contributed by atoms with van der Waals surface area (Å²) in [5.74, 6) is 0.896. The number of piperazine rings is 1. The molecule has 27 heavy (non-hydrogen) atoms. The number of nitrogens with one attached hydrogen (secondary N) is 1. The summed E-state index contributed by atoms with van der Waals surface area (Å²) in [6, 6.07) is 14.1. The molecule has 1 aliphatic heterocycles. The molecule has 0 atom stereocenters. The smallest absolute Gasteiger partial charge is 0.255 e. The lowest BCUT2D eigenvalue weighted by Gasteiger charge is -2.34. The fraction of sp³-hybridized carbons (Fsp3) is 0.364. The lowest BCUT2D eigenvalue weighted by molar-refractivity contribution is 0.0650. The van der Waals surface area contributed by atoms with Crippen molar-refractivity contribution in [2.75, 3.05) is 44.6 Å². The van der Waals surface area contributed by atoms with Gasteiger partial charge in [-0.05, 0) is 24.1 Å². The predicted molar refractivity (Wildman–Crippen MR) is 111 cm³/mol. The van der Waals surface area contributed by atoms with E-state index in [1.165, 1.54) is 5.56 Å². The van der Waals surface area contributed by atoms with Gasteiger partial charge in [-0.15, -0.1) is 0 Å². The molecule has 1 aromatic carbocycles. The molecule has 142 valence electrons. The summed E-state index contributed by atoms with van der Waals surface area (Å²) in [4.78, 5) is 21.3. The molecule has 0 spiro atoms. The van der Waals surface area contributed by atoms with Crippen molar-refractivity contribution >= 4 is 17.8 Å². The number of carbonyl (C=O) groups is 1. The summed E-state index contributed by atoms with van der Waals surface area (Å²) in [6.45, 7) is 7.23. The van der Waals surface area contributed by atoms with Crippen LogP contribution in [0.15, 0.2) is 54.7 Å². The first-order valence-corrected chi connectivity index (χ1v) is 9.69. The van der Waals surface area contributed by atoms with Gasteiger partial charge in [0.2, 0.25) is 0 Å². The molecule has 2 heterocycles. The minimum atomic E-state index is 0.0732. The van der Waals surface area contributed by atoms with E-state index in [0.29, 0.717) is 5.56 Å². The first-order chi connectivity index (χ1) is 13.3. The number of aromatic nitrogens is 1. The number of amides is 1. The quantitative estimate of drug-likeness (QED) is 0.818. The van der Waals surface area contributed by atoms with E-state index in [1.807, 2.05) is 35.2 Å². The highest BCUT2D eigenvalue weighted by Crippen LogP contribution is 2.11. The van der Waals surface area contributed by atoms with Crippen LogP contribution in [-0.4, -0.2) is 60.0 Å². The van der Waals surface area contributed by atoms with Gasteiger partial charge in [-0.1, -0.05) is 49.4 Å². The lowest BCUT2D eigenvalue weighted by atomic mass is 10.2. The van der Waals surface area contributed by atoms with Crippen LogP contribution in [0.2, 0.25) is 0 Å². The third kappa shape index (κ3) is 5.66. The Balaban J connectivity index is 1.45. The summed E-state index contributed by atoms with van der Waals surface area (Å²) >= 11 is 0. The Bertz CT molecular complexity index is 735. The van der Waals surface area contributed by atoms with Crippen molar-refractivity contribution in [2.24, 2.45) is 0 Å². The van der Waals surface area contributed by atoms with E-state index in [2.05, 4.69) is 46.4 Å². The lowest BCUT2D eigenvalue weighted by Crippen LogP contribution is -2.48. The Kier molecular flexibility index (Phi) is 6.99. The summed E-state index contributed by atoms with van der Waals surface area (Å²) in [5, 5.41) is 3.23. The van der Waals surface area contributed by atoms with Crippen LogP contribution in [0.3, 0.4) is 0 Å². The molecule has 1 N–H and O–H groups in total. The minimum absolute atomic E-state index is 0.0732. The molecule has 0 bridgehead atoms. The molecule has 0 saturated carbocycles. The molecule has 5 heteroatoms. The molecular weight excluding hydrogens is 336 g/mol. The van der Waals surface area contributed by atoms with E-state index in [9.17, 15) is 4.79 Å². The van der Waals surface area contributed by atoms with Gasteiger partial charge in [-0.3, -0.25) is 9.69 Å². The van der Waals surface area contributed by atoms with E-state index < -0.39 is 0 Å². The predicted octanol–water partition coefficient (Wildman–Crippen LogP) is 3.37. The van der Waals surface area contributed by atoms with Crippen LogP contribution < -0.4 is 5.32 Å². The summed E-state index contributed by atoms with van der Waals surface area (Å²) in [5.41, 5.74) is 1.88. The maximum atomic E-state index is 12.7. The van der Waals surface area contributed by atoms with Gasteiger partial charge in [0, 0.05) is 45.5 Å². The Morgan fingerprint density at radius 1 is 1.11 bits per heavy atom. The van der Waals surface area contributed by atoms with E-state index in [0.717, 1.165) is 51.5 Å². The van der Waals surface area contributed by atoms with Gasteiger partial charge in [0.25, 0.3) is 5.91 Å². The van der Waals surface area contributed by atoms with E-state index in [4.69, 9.17) is 0 Å². The average Bonchev–Trinajstić information content (AvgIpc) is 2.73. The van der Waals surface area contributed by atoms with E-state index >= 15 is 0 Å². The Morgan fingerprint density at radius 3 is 2.56 bits per heavy atom. The van der Waals surface area contributed by atoms with Gasteiger partial charge in [-0.25, -0.2) is 4.98 Å². The van der Waals surface area contributed by atoms with Crippen molar-refractivity contribution in [3.05, 3.63) is 65.9 Å². The van der Waals surface area contributed by atoms with Gasteiger partial charge in [0.05, 0.1) is 5.56 Å². The second-order valence-corrected chi connectivity index (χ2v) is 6.76. The molecule has 1 fully saturated rings. The number of pyridine rings is 1. The van der Waals surface area contributed by atoms with E-state index in [-0.39, 0.29) is 5.91 Å². The maximum Gasteiger partial charge on any atom is 0.255 e. The zero-order valence-corrected chi connectivity index (χ0v) is 16.0. The second-order valence-electron chi connectivity index (χ2n) is 6.76. The topological polar surface area (TPSA) is 48.5 Å². The van der Waals surface area contributed by atoms with Crippen LogP contribution in [0.5, 0.6) is 0 Å². The molecule has 1 amide bonds. The van der Waals surface area contributed by atoms with Crippen molar-refractivity contribution in [3.63, 3.8) is 0 Å². The standard InChI is InChI=1S/C22H28N4O/c1-2-12-23-21-11-10-20(18-24-21)22(27)26-16-14-25(15-17-26)13-6-9-19-7-4-3-5-8-19/h3-11,18H,2,12-17H2,1H3,(H,23,24)/b9-6+. The zero-order chi connectivity index (χ0) is 18.9. The SMILES string of the molecule is CCCNc1ccc(C(=O)N2CCN(C/C=C/c3ccccc3)CC2)cn1. The average molecular weight is 364 g/mol. The summed E-state index contributed by atoms with van der Waals surface area (Å²) < 4.78 is 0. The molecule has 0 unspecified atom stereocenters. The number of hydrogen-bond donors (Lipinski definition) is 1. The van der Waals surface area contributed by atoms with Gasteiger partial charge in [0.15, 0.2) is 0 Å². The Hall–Kier alpha value is -2.66. The maximum absolute atomic E-state index is 12.7. The molecule has 1 aromatic heterocycles.